The first kappa shape index (κ1) is 11.6. The van der Waals surface area contributed by atoms with Crippen LogP contribution in [0.15, 0.2) is 18.2 Å². The van der Waals surface area contributed by atoms with Gasteiger partial charge in [0.25, 0.3) is 0 Å². The molecule has 0 saturated heterocycles. The van der Waals surface area contributed by atoms with Crippen LogP contribution >= 0.6 is 22.6 Å². The number of rotatable bonds is 0. The third-order valence-corrected chi connectivity index (χ3v) is 3.11. The molecule has 0 amide bonds. The minimum absolute atomic E-state index is 0.233. The summed E-state index contributed by atoms with van der Waals surface area (Å²) in [5.41, 5.74) is -0.792. The SMILES string of the molecule is O=C1O[C@@](O)(C(F)(F)F)c2cccc(I)c21. The number of hydrogen-bond acceptors (Lipinski definition) is 3. The number of cyclic esters (lactones) is 1. The summed E-state index contributed by atoms with van der Waals surface area (Å²) in [5.74, 6) is -4.69. The summed E-state index contributed by atoms with van der Waals surface area (Å²) in [4.78, 5) is 11.3. The van der Waals surface area contributed by atoms with Gasteiger partial charge in [0.15, 0.2) is 0 Å². The molecule has 0 bridgehead atoms. The van der Waals surface area contributed by atoms with E-state index in [4.69, 9.17) is 0 Å². The van der Waals surface area contributed by atoms with E-state index in [1.807, 2.05) is 0 Å². The van der Waals surface area contributed by atoms with Gasteiger partial charge in [-0.3, -0.25) is 0 Å². The van der Waals surface area contributed by atoms with Gasteiger partial charge in [0, 0.05) is 9.13 Å². The van der Waals surface area contributed by atoms with Gasteiger partial charge in [-0.05, 0) is 28.7 Å². The molecule has 1 aliphatic heterocycles. The molecule has 1 atom stereocenters. The molecule has 0 aromatic heterocycles. The molecule has 1 aromatic rings. The summed E-state index contributed by atoms with van der Waals surface area (Å²) in [6.45, 7) is 0. The van der Waals surface area contributed by atoms with E-state index in [9.17, 15) is 23.1 Å². The average Bonchev–Trinajstić information content (AvgIpc) is 2.40. The molecular weight excluding hydrogens is 340 g/mol. The third-order valence-electron chi connectivity index (χ3n) is 2.21. The smallest absolute Gasteiger partial charge is 0.415 e. The summed E-state index contributed by atoms with van der Waals surface area (Å²) in [7, 11) is 0. The predicted octanol–water partition coefficient (Wildman–Crippen LogP) is 2.17. The van der Waals surface area contributed by atoms with E-state index in [0.717, 1.165) is 6.07 Å². The van der Waals surface area contributed by atoms with Crippen LogP contribution in [0.25, 0.3) is 0 Å². The lowest BCUT2D eigenvalue weighted by Crippen LogP contribution is -2.42. The van der Waals surface area contributed by atoms with Gasteiger partial charge in [0.2, 0.25) is 0 Å². The standard InChI is InChI=1S/C9H4F3IO3/c10-9(11,12)8(15)4-2-1-3-5(13)6(4)7(14)16-8/h1-3,15H/t8-/m1/s1. The number of halogens is 4. The zero-order valence-electron chi connectivity index (χ0n) is 7.51. The van der Waals surface area contributed by atoms with Crippen molar-refractivity contribution in [2.75, 3.05) is 0 Å². The Morgan fingerprint density at radius 3 is 2.56 bits per heavy atom. The van der Waals surface area contributed by atoms with Gasteiger partial charge in [0.05, 0.1) is 5.56 Å². The molecule has 0 radical (unpaired) electrons. The Hall–Kier alpha value is -0.830. The predicted molar refractivity (Wildman–Crippen MR) is 54.5 cm³/mol. The number of esters is 1. The summed E-state index contributed by atoms with van der Waals surface area (Å²) >= 11 is 1.71. The topological polar surface area (TPSA) is 46.5 Å². The molecule has 0 unspecified atom stereocenters. The highest BCUT2D eigenvalue weighted by Gasteiger charge is 2.64. The van der Waals surface area contributed by atoms with Crippen molar-refractivity contribution in [1.82, 2.24) is 0 Å². The molecular formula is C9H4F3IO3. The summed E-state index contributed by atoms with van der Waals surface area (Å²) < 4.78 is 42.2. The van der Waals surface area contributed by atoms with Crippen molar-refractivity contribution in [1.29, 1.82) is 0 Å². The van der Waals surface area contributed by atoms with Gasteiger partial charge in [-0.25, -0.2) is 4.79 Å². The third kappa shape index (κ3) is 1.41. The van der Waals surface area contributed by atoms with Crippen molar-refractivity contribution in [2.24, 2.45) is 0 Å². The number of aliphatic hydroxyl groups is 1. The first-order chi connectivity index (χ1) is 7.27. The molecule has 3 nitrogen and oxygen atoms in total. The fraction of sp³-hybridized carbons (Fsp3) is 0.222. The minimum Gasteiger partial charge on any atom is -0.415 e. The highest BCUT2D eigenvalue weighted by molar-refractivity contribution is 14.1. The normalized spacial score (nSPS) is 24.2. The molecule has 1 aliphatic rings. The Labute approximate surface area is 101 Å². The maximum atomic E-state index is 12.6. The molecule has 0 aliphatic carbocycles. The lowest BCUT2D eigenvalue weighted by atomic mass is 10.0. The summed E-state index contributed by atoms with van der Waals surface area (Å²) in [6.07, 6.45) is -5.06. The van der Waals surface area contributed by atoms with Crippen molar-refractivity contribution in [3.05, 3.63) is 32.9 Å². The monoisotopic (exact) mass is 344 g/mol. The Balaban J connectivity index is 2.69. The molecule has 0 spiro atoms. The molecule has 0 saturated carbocycles. The second-order valence-corrected chi connectivity index (χ2v) is 4.36. The van der Waals surface area contributed by atoms with Crippen LogP contribution in [0.5, 0.6) is 0 Å². The molecule has 1 N–H and O–H groups in total. The van der Waals surface area contributed by atoms with Crippen LogP contribution in [0.4, 0.5) is 13.2 Å². The summed E-state index contributed by atoms with van der Waals surface area (Å²) in [6, 6.07) is 3.80. The summed E-state index contributed by atoms with van der Waals surface area (Å²) in [5, 5.41) is 9.40. The molecule has 1 aromatic carbocycles. The number of carbonyl (C=O) groups is 1. The van der Waals surface area contributed by atoms with Crippen LogP contribution in [-0.2, 0) is 10.5 Å². The van der Waals surface area contributed by atoms with E-state index in [0.29, 0.717) is 3.57 Å². The zero-order valence-corrected chi connectivity index (χ0v) is 9.67. The Bertz CT molecular complexity index is 472. The van der Waals surface area contributed by atoms with Crippen molar-refractivity contribution in [2.45, 2.75) is 12.0 Å². The van der Waals surface area contributed by atoms with E-state index >= 15 is 0 Å². The number of carbonyl (C=O) groups excluding carboxylic acids is 1. The second-order valence-electron chi connectivity index (χ2n) is 3.19. The fourth-order valence-corrected chi connectivity index (χ4v) is 2.18. The number of hydrogen-bond donors (Lipinski definition) is 1. The molecule has 0 fully saturated rings. The van der Waals surface area contributed by atoms with E-state index in [2.05, 4.69) is 4.74 Å². The lowest BCUT2D eigenvalue weighted by Gasteiger charge is -2.24. The number of ether oxygens (including phenoxy) is 1. The van der Waals surface area contributed by atoms with Crippen molar-refractivity contribution in [3.63, 3.8) is 0 Å². The Kier molecular flexibility index (Phi) is 2.42. The Morgan fingerprint density at radius 1 is 1.38 bits per heavy atom. The number of alkyl halides is 3. The lowest BCUT2D eigenvalue weighted by molar-refractivity contribution is -0.349. The van der Waals surface area contributed by atoms with Gasteiger partial charge in [-0.2, -0.15) is 13.2 Å². The maximum Gasteiger partial charge on any atom is 0.460 e. The van der Waals surface area contributed by atoms with Gasteiger partial charge in [-0.15, -0.1) is 0 Å². The van der Waals surface area contributed by atoms with E-state index < -0.39 is 23.5 Å². The van der Waals surface area contributed by atoms with Crippen LogP contribution in [-0.4, -0.2) is 17.3 Å². The molecule has 7 heteroatoms. The zero-order chi connectivity index (χ0) is 12.1. The van der Waals surface area contributed by atoms with Gasteiger partial charge in [0.1, 0.15) is 0 Å². The van der Waals surface area contributed by atoms with Crippen molar-refractivity contribution >= 4 is 28.6 Å². The largest absolute Gasteiger partial charge is 0.460 e. The maximum absolute atomic E-state index is 12.6. The first-order valence-corrected chi connectivity index (χ1v) is 5.16. The van der Waals surface area contributed by atoms with Crippen LogP contribution in [0, 0.1) is 3.57 Å². The molecule has 86 valence electrons. The molecule has 1 heterocycles. The van der Waals surface area contributed by atoms with Crippen molar-refractivity contribution in [3.8, 4) is 0 Å². The van der Waals surface area contributed by atoms with Crippen LogP contribution < -0.4 is 0 Å². The van der Waals surface area contributed by atoms with Crippen LogP contribution in [0.2, 0.25) is 0 Å². The Morgan fingerprint density at radius 2 is 2.00 bits per heavy atom. The number of fused-ring (bicyclic) bond motifs is 1. The van der Waals surface area contributed by atoms with Gasteiger partial charge in [-0.1, -0.05) is 12.1 Å². The second kappa shape index (κ2) is 3.33. The quantitative estimate of drug-likeness (QED) is 0.580. The fourth-order valence-electron chi connectivity index (χ4n) is 1.46. The van der Waals surface area contributed by atoms with E-state index in [1.54, 1.807) is 22.6 Å². The van der Waals surface area contributed by atoms with Gasteiger partial charge >= 0.3 is 17.9 Å². The first-order valence-electron chi connectivity index (χ1n) is 4.09. The van der Waals surface area contributed by atoms with E-state index in [1.165, 1.54) is 12.1 Å². The minimum atomic E-state index is -5.06. The number of benzene rings is 1. The highest BCUT2D eigenvalue weighted by Crippen LogP contribution is 2.46. The average molecular weight is 344 g/mol. The van der Waals surface area contributed by atoms with Crippen LogP contribution in [0.3, 0.4) is 0 Å². The highest BCUT2D eigenvalue weighted by atomic mass is 127. The van der Waals surface area contributed by atoms with E-state index in [-0.39, 0.29) is 5.56 Å². The van der Waals surface area contributed by atoms with Gasteiger partial charge < -0.3 is 9.84 Å². The molecule has 16 heavy (non-hydrogen) atoms. The van der Waals surface area contributed by atoms with Crippen molar-refractivity contribution < 1.29 is 27.8 Å². The molecule has 2 rings (SSSR count). The van der Waals surface area contributed by atoms with Crippen LogP contribution in [0.1, 0.15) is 15.9 Å².